The number of nitrogens with two attached hydrogens (primary N) is 1. The number of alkyl halides is 3. The third-order valence-corrected chi connectivity index (χ3v) is 4.02. The van der Waals surface area contributed by atoms with Crippen LogP contribution in [0.1, 0.15) is 12.1 Å². The molecule has 1 amide bonds. The SMILES string of the molecule is NS(=O)(=O)CC1CC(=O)N(c2nc(Cl)cc(C(F)(F)F)n2)C1. The molecular weight excluding hydrogens is 349 g/mol. The van der Waals surface area contributed by atoms with E-state index >= 15 is 0 Å². The Hall–Kier alpha value is -1.46. The second-order valence-electron chi connectivity index (χ2n) is 4.78. The highest BCUT2D eigenvalue weighted by atomic mass is 35.5. The average Bonchev–Trinajstić information content (AvgIpc) is 2.65. The van der Waals surface area contributed by atoms with Crippen molar-refractivity contribution in [2.45, 2.75) is 12.6 Å². The fourth-order valence-electron chi connectivity index (χ4n) is 2.09. The van der Waals surface area contributed by atoms with E-state index < -0.39 is 50.6 Å². The van der Waals surface area contributed by atoms with Crippen molar-refractivity contribution < 1.29 is 26.4 Å². The van der Waals surface area contributed by atoms with Crippen molar-refractivity contribution in [2.75, 3.05) is 17.2 Å². The summed E-state index contributed by atoms with van der Waals surface area (Å²) in [6.07, 6.45) is -4.92. The highest BCUT2D eigenvalue weighted by Crippen LogP contribution is 2.31. The van der Waals surface area contributed by atoms with Gasteiger partial charge in [0.25, 0.3) is 0 Å². The number of sulfonamides is 1. The summed E-state index contributed by atoms with van der Waals surface area (Å²) < 4.78 is 60.1. The maximum absolute atomic E-state index is 12.7. The molecule has 22 heavy (non-hydrogen) atoms. The maximum atomic E-state index is 12.7. The van der Waals surface area contributed by atoms with Crippen molar-refractivity contribution in [3.8, 4) is 0 Å². The first kappa shape index (κ1) is 16.9. The normalized spacial score (nSPS) is 19.8. The summed E-state index contributed by atoms with van der Waals surface area (Å²) in [5, 5.41) is 4.42. The summed E-state index contributed by atoms with van der Waals surface area (Å²) in [5.74, 6) is -2.20. The standard InChI is InChI=1S/C10H10ClF3N4O3S/c11-7-2-6(10(12,13)14)16-9(17-7)18-3-5(1-8(18)19)4-22(15,20)21/h2,5H,1,3-4H2,(H2,15,20,21). The summed E-state index contributed by atoms with van der Waals surface area (Å²) in [6, 6.07) is 0.535. The van der Waals surface area contributed by atoms with Crippen LogP contribution in [-0.2, 0) is 21.0 Å². The summed E-state index contributed by atoms with van der Waals surface area (Å²) in [4.78, 5) is 19.6. The first-order valence-corrected chi connectivity index (χ1v) is 7.97. The molecule has 0 aliphatic carbocycles. The zero-order chi connectivity index (χ0) is 16.7. The molecule has 0 radical (unpaired) electrons. The molecule has 12 heteroatoms. The quantitative estimate of drug-likeness (QED) is 0.804. The molecule has 2 N–H and O–H groups in total. The molecule has 1 unspecified atom stereocenters. The number of aromatic nitrogens is 2. The fraction of sp³-hybridized carbons (Fsp3) is 0.500. The predicted molar refractivity (Wildman–Crippen MR) is 70.5 cm³/mol. The van der Waals surface area contributed by atoms with Crippen molar-refractivity contribution in [3.63, 3.8) is 0 Å². The number of hydrogen-bond acceptors (Lipinski definition) is 5. The van der Waals surface area contributed by atoms with Gasteiger partial charge in [-0.25, -0.2) is 23.5 Å². The second kappa shape index (κ2) is 5.63. The largest absolute Gasteiger partial charge is 0.433 e. The third kappa shape index (κ3) is 4.05. The minimum absolute atomic E-state index is 0.146. The average molecular weight is 359 g/mol. The van der Waals surface area contributed by atoms with Gasteiger partial charge in [0.2, 0.25) is 21.9 Å². The summed E-state index contributed by atoms with van der Waals surface area (Å²) in [5.41, 5.74) is -1.29. The fourth-order valence-corrected chi connectivity index (χ4v) is 3.15. The molecule has 1 aliphatic rings. The summed E-state index contributed by atoms with van der Waals surface area (Å²) in [7, 11) is -3.80. The van der Waals surface area contributed by atoms with Crippen LogP contribution in [0.4, 0.5) is 19.1 Å². The van der Waals surface area contributed by atoms with Crippen LogP contribution in [0.15, 0.2) is 6.07 Å². The van der Waals surface area contributed by atoms with Crippen molar-refractivity contribution in [2.24, 2.45) is 11.1 Å². The minimum atomic E-state index is -4.75. The molecule has 1 aliphatic heterocycles. The van der Waals surface area contributed by atoms with E-state index in [0.717, 1.165) is 4.90 Å². The van der Waals surface area contributed by atoms with Crippen molar-refractivity contribution in [1.29, 1.82) is 0 Å². The Bertz CT molecular complexity index is 710. The first-order chi connectivity index (χ1) is 9.95. The Balaban J connectivity index is 2.29. The van der Waals surface area contributed by atoms with Crippen LogP contribution >= 0.6 is 11.6 Å². The van der Waals surface area contributed by atoms with E-state index in [-0.39, 0.29) is 13.0 Å². The van der Waals surface area contributed by atoms with E-state index in [4.69, 9.17) is 16.7 Å². The van der Waals surface area contributed by atoms with Gasteiger partial charge < -0.3 is 0 Å². The number of rotatable bonds is 3. The van der Waals surface area contributed by atoms with Gasteiger partial charge in [-0.1, -0.05) is 11.6 Å². The number of amides is 1. The maximum Gasteiger partial charge on any atom is 0.433 e. The molecule has 1 aromatic heterocycles. The molecule has 0 saturated carbocycles. The zero-order valence-corrected chi connectivity index (χ0v) is 12.4. The van der Waals surface area contributed by atoms with E-state index in [2.05, 4.69) is 9.97 Å². The smallest absolute Gasteiger partial charge is 0.280 e. The Kier molecular flexibility index (Phi) is 4.33. The number of carbonyl (C=O) groups is 1. The molecular formula is C10H10ClF3N4O3S. The topological polar surface area (TPSA) is 106 Å². The minimum Gasteiger partial charge on any atom is -0.280 e. The molecule has 0 aromatic carbocycles. The molecule has 0 bridgehead atoms. The van der Waals surface area contributed by atoms with Crippen LogP contribution in [0.25, 0.3) is 0 Å². The van der Waals surface area contributed by atoms with Crippen molar-refractivity contribution >= 4 is 33.5 Å². The molecule has 2 heterocycles. The van der Waals surface area contributed by atoms with Gasteiger partial charge in [-0.15, -0.1) is 0 Å². The highest BCUT2D eigenvalue weighted by Gasteiger charge is 2.37. The van der Waals surface area contributed by atoms with Gasteiger partial charge in [0.15, 0.2) is 5.69 Å². The van der Waals surface area contributed by atoms with Gasteiger partial charge >= 0.3 is 6.18 Å². The molecule has 1 atom stereocenters. The number of anilines is 1. The lowest BCUT2D eigenvalue weighted by Gasteiger charge is -2.16. The number of halogens is 4. The van der Waals surface area contributed by atoms with E-state index in [0.29, 0.717) is 6.07 Å². The van der Waals surface area contributed by atoms with Crippen LogP contribution in [0.5, 0.6) is 0 Å². The van der Waals surface area contributed by atoms with Crippen LogP contribution in [-0.4, -0.2) is 36.6 Å². The molecule has 122 valence electrons. The van der Waals surface area contributed by atoms with Crippen LogP contribution < -0.4 is 10.0 Å². The lowest BCUT2D eigenvalue weighted by molar-refractivity contribution is -0.141. The van der Waals surface area contributed by atoms with Gasteiger partial charge in [-0.2, -0.15) is 13.2 Å². The van der Waals surface area contributed by atoms with Gasteiger partial charge in [0, 0.05) is 24.9 Å². The predicted octanol–water partition coefficient (Wildman–Crippen LogP) is 0.790. The van der Waals surface area contributed by atoms with E-state index in [1.807, 2.05) is 0 Å². The van der Waals surface area contributed by atoms with Crippen LogP contribution in [0.2, 0.25) is 5.15 Å². The number of hydrogen-bond donors (Lipinski definition) is 1. The lowest BCUT2D eigenvalue weighted by atomic mass is 10.1. The number of nitrogens with zero attached hydrogens (tertiary/aromatic N) is 3. The van der Waals surface area contributed by atoms with Gasteiger partial charge in [0.05, 0.1) is 5.75 Å². The Morgan fingerprint density at radius 3 is 2.59 bits per heavy atom. The number of primary sulfonamides is 1. The third-order valence-electron chi connectivity index (χ3n) is 2.89. The Morgan fingerprint density at radius 2 is 2.05 bits per heavy atom. The number of carbonyl (C=O) groups excluding carboxylic acids is 1. The van der Waals surface area contributed by atoms with Gasteiger partial charge in [0.1, 0.15) is 5.15 Å². The second-order valence-corrected chi connectivity index (χ2v) is 6.82. The summed E-state index contributed by atoms with van der Waals surface area (Å²) >= 11 is 5.52. The monoisotopic (exact) mass is 358 g/mol. The van der Waals surface area contributed by atoms with E-state index in [9.17, 15) is 26.4 Å². The highest BCUT2D eigenvalue weighted by molar-refractivity contribution is 7.89. The lowest BCUT2D eigenvalue weighted by Crippen LogP contribution is -2.29. The van der Waals surface area contributed by atoms with Gasteiger partial charge in [-0.3, -0.25) is 9.69 Å². The Morgan fingerprint density at radius 1 is 1.41 bits per heavy atom. The van der Waals surface area contributed by atoms with E-state index in [1.165, 1.54) is 0 Å². The zero-order valence-electron chi connectivity index (χ0n) is 10.8. The molecule has 7 nitrogen and oxygen atoms in total. The van der Waals surface area contributed by atoms with Crippen LogP contribution in [0.3, 0.4) is 0 Å². The van der Waals surface area contributed by atoms with Gasteiger partial charge in [-0.05, 0) is 0 Å². The summed E-state index contributed by atoms with van der Waals surface area (Å²) in [6.45, 7) is -0.146. The van der Waals surface area contributed by atoms with Crippen molar-refractivity contribution in [3.05, 3.63) is 16.9 Å². The Labute approximate surface area is 128 Å². The molecule has 1 saturated heterocycles. The molecule has 0 spiro atoms. The van der Waals surface area contributed by atoms with Crippen LogP contribution in [0, 0.1) is 5.92 Å². The molecule has 1 fully saturated rings. The molecule has 2 rings (SSSR count). The van der Waals surface area contributed by atoms with Crippen molar-refractivity contribution in [1.82, 2.24) is 9.97 Å². The van der Waals surface area contributed by atoms with E-state index in [1.54, 1.807) is 0 Å². The molecule has 1 aromatic rings. The first-order valence-electron chi connectivity index (χ1n) is 5.88.